The average molecular weight is 450 g/mol. The number of aromatic nitrogens is 2. The molecule has 1 N–H and O–H groups in total. The van der Waals surface area contributed by atoms with Gasteiger partial charge in [-0.15, -0.1) is 0 Å². The van der Waals surface area contributed by atoms with Crippen LogP contribution in [0.2, 0.25) is 0 Å². The first-order chi connectivity index (χ1) is 15.5. The number of carbonyl (C=O) groups excluding carboxylic acids is 4. The first-order valence-corrected chi connectivity index (χ1v) is 10.7. The Bertz CT molecular complexity index is 1200. The summed E-state index contributed by atoms with van der Waals surface area (Å²) >= 11 is 0. The van der Waals surface area contributed by atoms with E-state index < -0.39 is 48.0 Å². The molecule has 2 aromatic rings. The number of hydrogen-bond donors (Lipinski definition) is 1. The van der Waals surface area contributed by atoms with Crippen LogP contribution >= 0.6 is 0 Å². The molecule has 3 aliphatic heterocycles. The summed E-state index contributed by atoms with van der Waals surface area (Å²) in [5.74, 6) is -2.16. The second-order valence-corrected chi connectivity index (χ2v) is 9.48. The Hall–Kier alpha value is -3.31. The minimum atomic E-state index is -1.00. The van der Waals surface area contributed by atoms with Crippen LogP contribution in [0.3, 0.4) is 0 Å². The number of fused-ring (bicyclic) bond motifs is 1. The van der Waals surface area contributed by atoms with Crippen LogP contribution in [0.15, 0.2) is 30.6 Å². The molecule has 4 heterocycles. The molecule has 0 saturated carbocycles. The standard InChI is InChI=1S/C22H23BN4O6/c1-21(2)22(3,4)33-23(32-21)12-10-24-26(11-12)13-5-6-14-15(9-13)20(31)27(19(14)30)16-7-8-17(28)25-18(16)29/h5-6,9-11,16H,7-8H2,1-4H3,(H,25,28,29). The zero-order valence-corrected chi connectivity index (χ0v) is 18.7. The zero-order chi connectivity index (χ0) is 23.7. The number of piperidine rings is 1. The normalized spacial score (nSPS) is 23.8. The Morgan fingerprint density at radius 2 is 1.70 bits per heavy atom. The van der Waals surface area contributed by atoms with Crippen LogP contribution in [0, 0.1) is 0 Å². The van der Waals surface area contributed by atoms with Crippen molar-refractivity contribution >= 4 is 36.2 Å². The van der Waals surface area contributed by atoms with Crippen LogP contribution < -0.4 is 10.8 Å². The van der Waals surface area contributed by atoms with Gasteiger partial charge in [-0.25, -0.2) is 4.68 Å². The van der Waals surface area contributed by atoms with Crippen LogP contribution in [0.25, 0.3) is 5.69 Å². The molecule has 1 atom stereocenters. The Morgan fingerprint density at radius 1 is 1.03 bits per heavy atom. The molecule has 1 aromatic carbocycles. The Balaban J connectivity index is 1.41. The van der Waals surface area contributed by atoms with Gasteiger partial charge in [0.25, 0.3) is 11.8 Å². The lowest BCUT2D eigenvalue weighted by Gasteiger charge is -2.32. The highest BCUT2D eigenvalue weighted by molar-refractivity contribution is 6.62. The van der Waals surface area contributed by atoms with Gasteiger partial charge in [-0.2, -0.15) is 5.10 Å². The predicted octanol–water partition coefficient (Wildman–Crippen LogP) is 0.573. The van der Waals surface area contributed by atoms with E-state index in [1.807, 2.05) is 27.7 Å². The third-order valence-corrected chi connectivity index (χ3v) is 6.82. The van der Waals surface area contributed by atoms with Gasteiger partial charge < -0.3 is 9.31 Å². The van der Waals surface area contributed by atoms with Crippen molar-refractivity contribution in [3.63, 3.8) is 0 Å². The molecule has 1 aromatic heterocycles. The molecule has 1 unspecified atom stereocenters. The topological polar surface area (TPSA) is 120 Å². The molecule has 2 fully saturated rings. The van der Waals surface area contributed by atoms with Crippen molar-refractivity contribution in [2.75, 3.05) is 0 Å². The van der Waals surface area contributed by atoms with E-state index in [2.05, 4.69) is 10.4 Å². The number of carbonyl (C=O) groups is 4. The van der Waals surface area contributed by atoms with Crippen molar-refractivity contribution in [1.29, 1.82) is 0 Å². The van der Waals surface area contributed by atoms with Gasteiger partial charge in [-0.1, -0.05) is 0 Å². The zero-order valence-electron chi connectivity index (χ0n) is 18.7. The van der Waals surface area contributed by atoms with E-state index in [1.165, 1.54) is 0 Å². The van der Waals surface area contributed by atoms with Gasteiger partial charge >= 0.3 is 7.12 Å². The minimum Gasteiger partial charge on any atom is -0.399 e. The molecule has 3 aliphatic rings. The average Bonchev–Trinajstić information content (AvgIpc) is 3.38. The van der Waals surface area contributed by atoms with Gasteiger partial charge in [0.15, 0.2) is 0 Å². The molecule has 33 heavy (non-hydrogen) atoms. The maximum absolute atomic E-state index is 13.0. The predicted molar refractivity (Wildman–Crippen MR) is 116 cm³/mol. The third kappa shape index (κ3) is 3.30. The van der Waals surface area contributed by atoms with Gasteiger partial charge in [-0.05, 0) is 52.3 Å². The fraction of sp³-hybridized carbons (Fsp3) is 0.409. The van der Waals surface area contributed by atoms with Gasteiger partial charge in [0.2, 0.25) is 11.8 Å². The SMILES string of the molecule is CC1(C)OB(c2cnn(-c3ccc4c(c3)C(=O)N(C3CCC(=O)NC3=O)C4=O)c2)OC1(C)C. The van der Waals surface area contributed by atoms with Crippen LogP contribution in [0.1, 0.15) is 61.3 Å². The minimum absolute atomic E-state index is 0.0735. The summed E-state index contributed by atoms with van der Waals surface area (Å²) in [6.07, 6.45) is 3.57. The number of amides is 4. The second kappa shape index (κ2) is 7.10. The highest BCUT2D eigenvalue weighted by Crippen LogP contribution is 2.36. The highest BCUT2D eigenvalue weighted by Gasteiger charge is 2.52. The number of benzene rings is 1. The molecule has 0 spiro atoms. The molecule has 4 amide bonds. The quantitative estimate of drug-likeness (QED) is 0.537. The Labute approximate surface area is 190 Å². The van der Waals surface area contributed by atoms with Crippen LogP contribution in [-0.4, -0.2) is 62.7 Å². The van der Waals surface area contributed by atoms with E-state index in [4.69, 9.17) is 9.31 Å². The Kier molecular flexibility index (Phi) is 4.63. The van der Waals surface area contributed by atoms with E-state index in [9.17, 15) is 19.2 Å². The number of imide groups is 2. The van der Waals surface area contributed by atoms with Gasteiger partial charge in [0, 0.05) is 24.3 Å². The molecule has 0 aliphatic carbocycles. The summed E-state index contributed by atoms with van der Waals surface area (Å²) in [5, 5.41) is 6.56. The lowest BCUT2D eigenvalue weighted by atomic mass is 9.82. The van der Waals surface area contributed by atoms with Crippen LogP contribution in [0.5, 0.6) is 0 Å². The van der Waals surface area contributed by atoms with Crippen molar-refractivity contribution in [2.45, 2.75) is 57.8 Å². The van der Waals surface area contributed by atoms with E-state index >= 15 is 0 Å². The first kappa shape index (κ1) is 21.5. The summed E-state index contributed by atoms with van der Waals surface area (Å²) in [7, 11) is -0.579. The largest absolute Gasteiger partial charge is 0.498 e. The summed E-state index contributed by atoms with van der Waals surface area (Å²) in [5.41, 5.74) is 0.727. The van der Waals surface area contributed by atoms with Gasteiger partial charge in [-0.3, -0.25) is 29.4 Å². The molecular formula is C22H23BN4O6. The number of rotatable bonds is 3. The maximum Gasteiger partial charge on any atom is 0.498 e. The molecule has 0 bridgehead atoms. The first-order valence-electron chi connectivity index (χ1n) is 10.7. The molecule has 170 valence electrons. The smallest absolute Gasteiger partial charge is 0.399 e. The van der Waals surface area contributed by atoms with Crippen LogP contribution in [-0.2, 0) is 18.9 Å². The van der Waals surface area contributed by atoms with E-state index in [-0.39, 0.29) is 24.0 Å². The number of nitrogens with zero attached hydrogens (tertiary/aromatic N) is 3. The van der Waals surface area contributed by atoms with Crippen molar-refractivity contribution in [3.05, 3.63) is 41.7 Å². The second-order valence-electron chi connectivity index (χ2n) is 9.48. The lowest BCUT2D eigenvalue weighted by Crippen LogP contribution is -2.54. The fourth-order valence-electron chi connectivity index (χ4n) is 4.18. The molecule has 5 rings (SSSR count). The molecule has 0 radical (unpaired) electrons. The van der Waals surface area contributed by atoms with Crippen molar-refractivity contribution in [3.8, 4) is 5.69 Å². The molecule has 10 nitrogen and oxygen atoms in total. The lowest BCUT2D eigenvalue weighted by molar-refractivity contribution is -0.136. The molecule has 11 heteroatoms. The Morgan fingerprint density at radius 3 is 2.36 bits per heavy atom. The molecular weight excluding hydrogens is 427 g/mol. The highest BCUT2D eigenvalue weighted by atomic mass is 16.7. The molecule has 2 saturated heterocycles. The number of hydrogen-bond acceptors (Lipinski definition) is 7. The van der Waals surface area contributed by atoms with Gasteiger partial charge in [0.1, 0.15) is 6.04 Å². The van der Waals surface area contributed by atoms with E-state index in [1.54, 1.807) is 35.3 Å². The van der Waals surface area contributed by atoms with Crippen molar-refractivity contribution in [2.24, 2.45) is 0 Å². The summed E-state index contributed by atoms with van der Waals surface area (Å²) in [6.45, 7) is 7.87. The van der Waals surface area contributed by atoms with E-state index in [0.29, 0.717) is 5.69 Å². The monoisotopic (exact) mass is 450 g/mol. The maximum atomic E-state index is 13.0. The fourth-order valence-corrected chi connectivity index (χ4v) is 4.18. The van der Waals surface area contributed by atoms with Gasteiger partial charge in [0.05, 0.1) is 28.0 Å². The van der Waals surface area contributed by atoms with Crippen LogP contribution in [0.4, 0.5) is 0 Å². The van der Waals surface area contributed by atoms with Crippen molar-refractivity contribution < 1.29 is 28.5 Å². The van der Waals surface area contributed by atoms with E-state index in [0.717, 1.165) is 10.4 Å². The number of nitrogens with one attached hydrogen (secondary N) is 1. The summed E-state index contributed by atoms with van der Waals surface area (Å²) in [4.78, 5) is 50.5. The summed E-state index contributed by atoms with van der Waals surface area (Å²) in [6, 6.07) is 3.80. The third-order valence-electron chi connectivity index (χ3n) is 6.82. The summed E-state index contributed by atoms with van der Waals surface area (Å²) < 4.78 is 13.7. The van der Waals surface area contributed by atoms with Crippen molar-refractivity contribution in [1.82, 2.24) is 20.0 Å².